The van der Waals surface area contributed by atoms with Crippen molar-refractivity contribution in [2.45, 2.75) is 0 Å². The Labute approximate surface area is 112 Å². The van der Waals surface area contributed by atoms with Crippen molar-refractivity contribution in [2.24, 2.45) is 0 Å². The van der Waals surface area contributed by atoms with Crippen molar-refractivity contribution >= 4 is 23.0 Å². The second kappa shape index (κ2) is 5.35. The molecule has 0 bridgehead atoms. The molecule has 0 radical (unpaired) electrons. The number of aromatic carboxylic acids is 1. The van der Waals surface area contributed by atoms with Gasteiger partial charge in [0.2, 0.25) is 0 Å². The lowest BCUT2D eigenvalue weighted by atomic mass is 10.1. The van der Waals surface area contributed by atoms with E-state index in [-0.39, 0.29) is 16.9 Å². The summed E-state index contributed by atoms with van der Waals surface area (Å²) in [7, 11) is 0. The SMILES string of the molecule is O=C(O)c1ccc(Nc2ccc(F)cc2)c([N+](=O)[O-])c1. The second-order valence-electron chi connectivity index (χ2n) is 3.93. The van der Waals surface area contributed by atoms with E-state index in [2.05, 4.69) is 5.32 Å². The summed E-state index contributed by atoms with van der Waals surface area (Å²) in [5.74, 6) is -1.67. The highest BCUT2D eigenvalue weighted by molar-refractivity contribution is 5.90. The molecule has 0 atom stereocenters. The van der Waals surface area contributed by atoms with Gasteiger partial charge in [-0.3, -0.25) is 10.1 Å². The summed E-state index contributed by atoms with van der Waals surface area (Å²) >= 11 is 0. The first-order valence-corrected chi connectivity index (χ1v) is 5.51. The third kappa shape index (κ3) is 2.89. The summed E-state index contributed by atoms with van der Waals surface area (Å²) in [5.41, 5.74) is 0.0414. The molecular formula is C13H9FN2O4. The fourth-order valence-corrected chi connectivity index (χ4v) is 1.61. The van der Waals surface area contributed by atoms with Crippen LogP contribution in [0.1, 0.15) is 10.4 Å². The molecule has 0 aliphatic rings. The van der Waals surface area contributed by atoms with Gasteiger partial charge in [0.05, 0.1) is 10.5 Å². The van der Waals surface area contributed by atoms with Crippen LogP contribution in [0.2, 0.25) is 0 Å². The molecule has 0 amide bonds. The van der Waals surface area contributed by atoms with Crippen LogP contribution in [-0.4, -0.2) is 16.0 Å². The van der Waals surface area contributed by atoms with Gasteiger partial charge in [0.1, 0.15) is 11.5 Å². The van der Waals surface area contributed by atoms with Crippen molar-refractivity contribution in [3.63, 3.8) is 0 Å². The van der Waals surface area contributed by atoms with Crippen LogP contribution >= 0.6 is 0 Å². The molecule has 0 saturated heterocycles. The Morgan fingerprint density at radius 1 is 1.20 bits per heavy atom. The first-order valence-electron chi connectivity index (χ1n) is 5.51. The summed E-state index contributed by atoms with van der Waals surface area (Å²) in [6, 6.07) is 8.77. The number of nitro groups is 1. The van der Waals surface area contributed by atoms with E-state index in [1.807, 2.05) is 0 Å². The molecule has 0 spiro atoms. The van der Waals surface area contributed by atoms with Gasteiger partial charge in [0.25, 0.3) is 5.69 Å². The molecule has 20 heavy (non-hydrogen) atoms. The van der Waals surface area contributed by atoms with E-state index in [4.69, 9.17) is 5.11 Å². The quantitative estimate of drug-likeness (QED) is 0.660. The van der Waals surface area contributed by atoms with Crippen molar-refractivity contribution < 1.29 is 19.2 Å². The number of rotatable bonds is 4. The van der Waals surface area contributed by atoms with Crippen LogP contribution in [0.5, 0.6) is 0 Å². The summed E-state index contributed by atoms with van der Waals surface area (Å²) in [6.45, 7) is 0. The monoisotopic (exact) mass is 276 g/mol. The molecule has 0 aliphatic heterocycles. The van der Waals surface area contributed by atoms with Gasteiger partial charge in [0.15, 0.2) is 0 Å². The molecule has 2 rings (SSSR count). The van der Waals surface area contributed by atoms with Crippen LogP contribution in [0.15, 0.2) is 42.5 Å². The molecule has 0 aromatic heterocycles. The van der Waals surface area contributed by atoms with Gasteiger partial charge in [-0.25, -0.2) is 9.18 Å². The number of carbonyl (C=O) groups is 1. The van der Waals surface area contributed by atoms with E-state index in [0.29, 0.717) is 5.69 Å². The number of benzene rings is 2. The van der Waals surface area contributed by atoms with E-state index in [0.717, 1.165) is 6.07 Å². The van der Waals surface area contributed by atoms with Crippen LogP contribution in [0.4, 0.5) is 21.5 Å². The molecule has 6 nitrogen and oxygen atoms in total. The van der Waals surface area contributed by atoms with E-state index in [9.17, 15) is 19.3 Å². The molecule has 102 valence electrons. The molecule has 0 fully saturated rings. The number of nitro benzene ring substituents is 1. The normalized spacial score (nSPS) is 10.1. The second-order valence-corrected chi connectivity index (χ2v) is 3.93. The van der Waals surface area contributed by atoms with Crippen LogP contribution in [-0.2, 0) is 0 Å². The lowest BCUT2D eigenvalue weighted by Gasteiger charge is -2.07. The summed E-state index contributed by atoms with van der Waals surface area (Å²) in [5, 5.41) is 22.5. The van der Waals surface area contributed by atoms with Gasteiger partial charge in [-0.15, -0.1) is 0 Å². The van der Waals surface area contributed by atoms with Crippen LogP contribution in [0.3, 0.4) is 0 Å². The maximum absolute atomic E-state index is 12.8. The standard InChI is InChI=1S/C13H9FN2O4/c14-9-2-4-10(5-3-9)15-11-6-1-8(13(17)18)7-12(11)16(19)20/h1-7,15H,(H,17,18). The van der Waals surface area contributed by atoms with E-state index < -0.39 is 16.7 Å². The Hall–Kier alpha value is -2.96. The average molecular weight is 276 g/mol. The molecular weight excluding hydrogens is 267 g/mol. The molecule has 2 aromatic rings. The molecule has 0 unspecified atom stereocenters. The predicted molar refractivity (Wildman–Crippen MR) is 69.7 cm³/mol. The zero-order valence-corrected chi connectivity index (χ0v) is 10.0. The number of carboxylic acids is 1. The van der Waals surface area contributed by atoms with Crippen molar-refractivity contribution in [1.29, 1.82) is 0 Å². The molecule has 0 aliphatic carbocycles. The third-order valence-electron chi connectivity index (χ3n) is 2.56. The lowest BCUT2D eigenvalue weighted by molar-refractivity contribution is -0.383. The van der Waals surface area contributed by atoms with Crippen LogP contribution in [0, 0.1) is 15.9 Å². The number of hydrogen-bond donors (Lipinski definition) is 2. The number of halogens is 1. The van der Waals surface area contributed by atoms with Crippen LogP contribution in [0.25, 0.3) is 0 Å². The molecule has 0 heterocycles. The first-order chi connectivity index (χ1) is 9.47. The summed E-state index contributed by atoms with van der Waals surface area (Å²) in [6.07, 6.45) is 0. The van der Waals surface area contributed by atoms with Gasteiger partial charge in [-0.1, -0.05) is 0 Å². The Kier molecular flexibility index (Phi) is 3.60. The van der Waals surface area contributed by atoms with E-state index >= 15 is 0 Å². The number of hydrogen-bond acceptors (Lipinski definition) is 4. The predicted octanol–water partition coefficient (Wildman–Crippen LogP) is 3.18. The Morgan fingerprint density at radius 2 is 1.85 bits per heavy atom. The highest BCUT2D eigenvalue weighted by Crippen LogP contribution is 2.28. The molecule has 2 aromatic carbocycles. The molecule has 7 heteroatoms. The minimum absolute atomic E-state index is 0.131. The van der Waals surface area contributed by atoms with Crippen molar-refractivity contribution in [3.8, 4) is 0 Å². The number of carboxylic acid groups (broad SMARTS) is 1. The smallest absolute Gasteiger partial charge is 0.335 e. The van der Waals surface area contributed by atoms with Gasteiger partial charge in [-0.2, -0.15) is 0 Å². The maximum Gasteiger partial charge on any atom is 0.335 e. The maximum atomic E-state index is 12.8. The van der Waals surface area contributed by atoms with Crippen molar-refractivity contribution in [2.75, 3.05) is 5.32 Å². The summed E-state index contributed by atoms with van der Waals surface area (Å²) in [4.78, 5) is 21.1. The zero-order valence-electron chi connectivity index (χ0n) is 10.0. The van der Waals surface area contributed by atoms with E-state index in [1.165, 1.54) is 36.4 Å². The third-order valence-corrected chi connectivity index (χ3v) is 2.56. The minimum atomic E-state index is -1.25. The Morgan fingerprint density at radius 3 is 2.40 bits per heavy atom. The van der Waals surface area contributed by atoms with Gasteiger partial charge >= 0.3 is 5.97 Å². The van der Waals surface area contributed by atoms with Crippen molar-refractivity contribution in [3.05, 3.63) is 64.0 Å². The largest absolute Gasteiger partial charge is 0.478 e. The molecule has 0 saturated carbocycles. The van der Waals surface area contributed by atoms with Crippen molar-refractivity contribution in [1.82, 2.24) is 0 Å². The summed E-state index contributed by atoms with van der Waals surface area (Å²) < 4.78 is 12.8. The number of anilines is 2. The fourth-order valence-electron chi connectivity index (χ4n) is 1.61. The highest BCUT2D eigenvalue weighted by atomic mass is 19.1. The fraction of sp³-hybridized carbons (Fsp3) is 0. The Bertz CT molecular complexity index is 671. The number of nitrogens with zero attached hydrogens (tertiary/aromatic N) is 1. The van der Waals surface area contributed by atoms with Gasteiger partial charge in [-0.05, 0) is 36.4 Å². The average Bonchev–Trinajstić information content (AvgIpc) is 2.41. The lowest BCUT2D eigenvalue weighted by Crippen LogP contribution is -2.01. The Balaban J connectivity index is 2.38. The first kappa shape index (κ1) is 13.5. The van der Waals surface area contributed by atoms with Gasteiger partial charge in [0, 0.05) is 11.8 Å². The van der Waals surface area contributed by atoms with Gasteiger partial charge < -0.3 is 10.4 Å². The minimum Gasteiger partial charge on any atom is -0.478 e. The zero-order chi connectivity index (χ0) is 14.7. The topological polar surface area (TPSA) is 92.5 Å². The highest BCUT2D eigenvalue weighted by Gasteiger charge is 2.17. The van der Waals surface area contributed by atoms with E-state index in [1.54, 1.807) is 0 Å². The van der Waals surface area contributed by atoms with Crippen LogP contribution < -0.4 is 5.32 Å². The molecule has 2 N–H and O–H groups in total. The number of nitrogens with one attached hydrogen (secondary N) is 1.